The third kappa shape index (κ3) is 9.37. The lowest BCUT2D eigenvalue weighted by Crippen LogP contribution is -2.53. The molecule has 1 unspecified atom stereocenters. The highest BCUT2D eigenvalue weighted by atomic mass is 35.5. The standard InChI is InChI=1S/C31H37Cl2N3O5S/c1-4-6-19-34-31(38)29(20-23-11-8-7-9-12-23)35(21-26-27(32)13-10-14-28(26)33)30(37)22-36(42(3,39)40)24-15-17-25(18-16-24)41-5-2/h7-18,29H,4-6,19-22H2,1-3H3,(H,34,38). The van der Waals surface area contributed by atoms with Crippen molar-refractivity contribution in [3.63, 3.8) is 0 Å². The summed E-state index contributed by atoms with van der Waals surface area (Å²) in [6, 6.07) is 19.8. The lowest BCUT2D eigenvalue weighted by molar-refractivity contribution is -0.140. The molecule has 2 amide bonds. The summed E-state index contributed by atoms with van der Waals surface area (Å²) < 4.78 is 32.4. The molecule has 0 aliphatic rings. The number of hydrogen-bond acceptors (Lipinski definition) is 5. The molecule has 0 aliphatic carbocycles. The van der Waals surface area contributed by atoms with Crippen LogP contribution in [0.4, 0.5) is 5.69 Å². The van der Waals surface area contributed by atoms with E-state index in [4.69, 9.17) is 27.9 Å². The summed E-state index contributed by atoms with van der Waals surface area (Å²) in [4.78, 5) is 29.2. The van der Waals surface area contributed by atoms with E-state index in [-0.39, 0.29) is 24.6 Å². The number of halogens is 2. The number of hydrogen-bond donors (Lipinski definition) is 1. The van der Waals surface area contributed by atoms with Crippen molar-refractivity contribution in [2.24, 2.45) is 0 Å². The van der Waals surface area contributed by atoms with Gasteiger partial charge in [-0.2, -0.15) is 0 Å². The van der Waals surface area contributed by atoms with Crippen LogP contribution in [0.3, 0.4) is 0 Å². The predicted octanol–water partition coefficient (Wildman–Crippen LogP) is 5.71. The zero-order valence-corrected chi connectivity index (χ0v) is 26.4. The van der Waals surface area contributed by atoms with Crippen LogP contribution < -0.4 is 14.4 Å². The van der Waals surface area contributed by atoms with Gasteiger partial charge in [-0.15, -0.1) is 0 Å². The highest BCUT2D eigenvalue weighted by molar-refractivity contribution is 7.92. The molecule has 3 rings (SSSR count). The van der Waals surface area contributed by atoms with E-state index >= 15 is 0 Å². The van der Waals surface area contributed by atoms with Gasteiger partial charge in [0.25, 0.3) is 0 Å². The Bertz CT molecular complexity index is 1420. The van der Waals surface area contributed by atoms with E-state index in [2.05, 4.69) is 5.32 Å². The number of amides is 2. The summed E-state index contributed by atoms with van der Waals surface area (Å²) >= 11 is 13.0. The number of carbonyl (C=O) groups excluding carboxylic acids is 2. The number of rotatable bonds is 15. The van der Waals surface area contributed by atoms with Crippen molar-refractivity contribution in [3.05, 3.63) is 94.0 Å². The van der Waals surface area contributed by atoms with Gasteiger partial charge in [-0.25, -0.2) is 8.42 Å². The molecule has 3 aromatic carbocycles. The summed E-state index contributed by atoms with van der Waals surface area (Å²) in [5, 5.41) is 3.60. The van der Waals surface area contributed by atoms with Crippen LogP contribution in [0, 0.1) is 0 Å². The molecule has 0 bridgehead atoms. The lowest BCUT2D eigenvalue weighted by atomic mass is 10.0. The molecule has 226 valence electrons. The van der Waals surface area contributed by atoms with E-state index in [1.165, 1.54) is 4.90 Å². The van der Waals surface area contributed by atoms with Gasteiger partial charge < -0.3 is 15.0 Å². The number of sulfonamides is 1. The average Bonchev–Trinajstić information content (AvgIpc) is 2.95. The fourth-order valence-electron chi connectivity index (χ4n) is 4.40. The van der Waals surface area contributed by atoms with Gasteiger partial charge in [0.2, 0.25) is 21.8 Å². The molecule has 1 N–H and O–H groups in total. The molecule has 3 aromatic rings. The van der Waals surface area contributed by atoms with Crippen LogP contribution in [0.25, 0.3) is 0 Å². The van der Waals surface area contributed by atoms with E-state index in [1.807, 2.05) is 44.2 Å². The average molecular weight is 635 g/mol. The summed E-state index contributed by atoms with van der Waals surface area (Å²) in [6.45, 7) is 4.12. The largest absolute Gasteiger partial charge is 0.494 e. The van der Waals surface area contributed by atoms with Crippen molar-refractivity contribution in [2.45, 2.75) is 45.7 Å². The Balaban J connectivity index is 2.06. The number of unbranched alkanes of at least 4 members (excludes halogenated alkanes) is 1. The minimum atomic E-state index is -3.89. The number of nitrogens with zero attached hydrogens (tertiary/aromatic N) is 2. The van der Waals surface area contributed by atoms with Gasteiger partial charge in [0, 0.05) is 35.1 Å². The van der Waals surface area contributed by atoms with Gasteiger partial charge in [-0.05, 0) is 55.3 Å². The molecule has 0 spiro atoms. The van der Waals surface area contributed by atoms with Crippen LogP contribution in [0.15, 0.2) is 72.8 Å². The highest BCUT2D eigenvalue weighted by Crippen LogP contribution is 2.28. The Morgan fingerprint density at radius 2 is 1.57 bits per heavy atom. The van der Waals surface area contributed by atoms with Crippen LogP contribution in [0.1, 0.15) is 37.8 Å². The summed E-state index contributed by atoms with van der Waals surface area (Å²) in [5.41, 5.74) is 1.58. The van der Waals surface area contributed by atoms with E-state index in [9.17, 15) is 18.0 Å². The highest BCUT2D eigenvalue weighted by Gasteiger charge is 2.33. The third-order valence-electron chi connectivity index (χ3n) is 6.61. The van der Waals surface area contributed by atoms with Gasteiger partial charge in [0.1, 0.15) is 18.3 Å². The number of nitrogens with one attached hydrogen (secondary N) is 1. The Morgan fingerprint density at radius 3 is 2.14 bits per heavy atom. The smallest absolute Gasteiger partial charge is 0.244 e. The predicted molar refractivity (Wildman–Crippen MR) is 169 cm³/mol. The molecular formula is C31H37Cl2N3O5S. The van der Waals surface area contributed by atoms with Crippen molar-refractivity contribution in [1.82, 2.24) is 10.2 Å². The summed E-state index contributed by atoms with van der Waals surface area (Å²) in [6.07, 6.45) is 2.89. The molecule has 0 saturated heterocycles. The summed E-state index contributed by atoms with van der Waals surface area (Å²) in [7, 11) is -3.89. The topological polar surface area (TPSA) is 96.0 Å². The number of carbonyl (C=O) groups is 2. The molecule has 0 radical (unpaired) electrons. The molecule has 0 fully saturated rings. The van der Waals surface area contributed by atoms with Gasteiger partial charge in [-0.3, -0.25) is 13.9 Å². The normalized spacial score (nSPS) is 11.9. The van der Waals surface area contributed by atoms with Crippen LogP contribution in [-0.4, -0.2) is 57.1 Å². The monoisotopic (exact) mass is 633 g/mol. The van der Waals surface area contributed by atoms with E-state index in [1.54, 1.807) is 42.5 Å². The third-order valence-corrected chi connectivity index (χ3v) is 8.45. The summed E-state index contributed by atoms with van der Waals surface area (Å²) in [5.74, 6) is -0.365. The Labute approximate surface area is 258 Å². The van der Waals surface area contributed by atoms with Crippen LogP contribution in [0.5, 0.6) is 5.75 Å². The fraction of sp³-hybridized carbons (Fsp3) is 0.355. The first-order valence-electron chi connectivity index (χ1n) is 13.8. The SMILES string of the molecule is CCCCNC(=O)C(Cc1ccccc1)N(Cc1c(Cl)cccc1Cl)C(=O)CN(c1ccc(OCC)cc1)S(C)(=O)=O. The molecule has 42 heavy (non-hydrogen) atoms. The fourth-order valence-corrected chi connectivity index (χ4v) is 5.77. The van der Waals surface area contributed by atoms with E-state index in [0.717, 1.165) is 29.0 Å². The Kier molecular flexibility index (Phi) is 12.5. The number of benzene rings is 3. The first-order valence-corrected chi connectivity index (χ1v) is 16.4. The van der Waals surface area contributed by atoms with Crippen LogP contribution in [-0.2, 0) is 32.6 Å². The molecule has 0 saturated carbocycles. The Morgan fingerprint density at radius 1 is 0.929 bits per heavy atom. The molecular weight excluding hydrogens is 597 g/mol. The molecule has 0 heterocycles. The second-order valence-corrected chi connectivity index (χ2v) is 12.5. The van der Waals surface area contributed by atoms with Crippen molar-refractivity contribution >= 4 is 50.7 Å². The zero-order chi connectivity index (χ0) is 30.7. The van der Waals surface area contributed by atoms with Gasteiger partial charge >= 0.3 is 0 Å². The van der Waals surface area contributed by atoms with Crippen molar-refractivity contribution < 1.29 is 22.7 Å². The maximum absolute atomic E-state index is 14.2. The van der Waals surface area contributed by atoms with Gasteiger partial charge in [-0.1, -0.05) is 72.9 Å². The van der Waals surface area contributed by atoms with E-state index in [0.29, 0.717) is 34.5 Å². The van der Waals surface area contributed by atoms with Crippen molar-refractivity contribution in [3.8, 4) is 5.75 Å². The van der Waals surface area contributed by atoms with Crippen LogP contribution >= 0.6 is 23.2 Å². The zero-order valence-electron chi connectivity index (χ0n) is 24.1. The Hall–Kier alpha value is -3.27. The van der Waals surface area contributed by atoms with Gasteiger partial charge in [0.05, 0.1) is 18.6 Å². The molecule has 0 aliphatic heterocycles. The molecule has 1 atom stereocenters. The number of anilines is 1. The minimum Gasteiger partial charge on any atom is -0.494 e. The maximum atomic E-state index is 14.2. The lowest BCUT2D eigenvalue weighted by Gasteiger charge is -2.34. The van der Waals surface area contributed by atoms with E-state index < -0.39 is 28.5 Å². The molecule has 8 nitrogen and oxygen atoms in total. The van der Waals surface area contributed by atoms with Crippen LogP contribution in [0.2, 0.25) is 10.0 Å². The second-order valence-electron chi connectivity index (χ2n) is 9.77. The second kappa shape index (κ2) is 15.8. The maximum Gasteiger partial charge on any atom is 0.244 e. The van der Waals surface area contributed by atoms with Crippen molar-refractivity contribution in [1.29, 1.82) is 0 Å². The molecule has 11 heteroatoms. The quantitative estimate of drug-likeness (QED) is 0.216. The van der Waals surface area contributed by atoms with Crippen molar-refractivity contribution in [2.75, 3.05) is 30.3 Å². The number of ether oxygens (including phenoxy) is 1. The first-order chi connectivity index (χ1) is 20.0. The molecule has 0 aromatic heterocycles. The van der Waals surface area contributed by atoms with Gasteiger partial charge in [0.15, 0.2) is 0 Å². The first kappa shape index (κ1) is 33.2. The minimum absolute atomic E-state index is 0.100.